The number of carboxylic acid groups (broad SMARTS) is 1. The molecule has 0 saturated heterocycles. The van der Waals surface area contributed by atoms with E-state index in [1.165, 1.54) is 4.90 Å². The second kappa shape index (κ2) is 3.87. The molecule has 10 heavy (non-hydrogen) atoms. The molecule has 4 nitrogen and oxygen atoms in total. The van der Waals surface area contributed by atoms with E-state index in [9.17, 15) is 4.79 Å². The number of amidine groups is 1. The van der Waals surface area contributed by atoms with Gasteiger partial charge in [0.15, 0.2) is 0 Å². The molecule has 0 atom stereocenters. The summed E-state index contributed by atoms with van der Waals surface area (Å²) >= 11 is 0. The number of aliphatic carboxylic acids is 1. The molecule has 0 spiro atoms. The van der Waals surface area contributed by atoms with Crippen molar-refractivity contribution in [1.82, 2.24) is 4.90 Å². The molecule has 0 unspecified atom stereocenters. The number of nitrogens with zero attached hydrogens (tertiary/aromatic N) is 1. The van der Waals surface area contributed by atoms with E-state index in [0.717, 1.165) is 0 Å². The zero-order chi connectivity index (χ0) is 8.15. The van der Waals surface area contributed by atoms with Gasteiger partial charge in [-0.15, -0.1) is 0 Å². The molecule has 4 heteroatoms. The predicted octanol–water partition coefficient (Wildman–Crippen LogP) is 0.390. The molecule has 0 rings (SSSR count). The molecule has 0 aromatic rings. The zero-order valence-electron chi connectivity index (χ0n) is 6.22. The van der Waals surface area contributed by atoms with Crippen LogP contribution in [0.1, 0.15) is 13.3 Å². The van der Waals surface area contributed by atoms with Gasteiger partial charge < -0.3 is 10.0 Å². The van der Waals surface area contributed by atoms with Gasteiger partial charge in [0.05, 0.1) is 5.84 Å². The van der Waals surface area contributed by atoms with Crippen LogP contribution in [-0.2, 0) is 4.79 Å². The summed E-state index contributed by atoms with van der Waals surface area (Å²) in [5.41, 5.74) is 0. The average molecular weight is 144 g/mol. The molecule has 0 aliphatic rings. The third-order valence-electron chi connectivity index (χ3n) is 1.17. The maximum Gasteiger partial charge on any atom is 0.323 e. The Morgan fingerprint density at radius 3 is 2.50 bits per heavy atom. The van der Waals surface area contributed by atoms with Crippen molar-refractivity contribution in [1.29, 1.82) is 5.41 Å². The van der Waals surface area contributed by atoms with Crippen molar-refractivity contribution >= 4 is 11.8 Å². The fourth-order valence-corrected chi connectivity index (χ4v) is 0.568. The van der Waals surface area contributed by atoms with Gasteiger partial charge in [-0.2, -0.15) is 0 Å². The smallest absolute Gasteiger partial charge is 0.323 e. The first-order valence-electron chi connectivity index (χ1n) is 3.08. The first-order valence-corrected chi connectivity index (χ1v) is 3.08. The Hall–Kier alpha value is -1.06. The minimum Gasteiger partial charge on any atom is -0.480 e. The molecule has 0 aliphatic carbocycles. The second-order valence-electron chi connectivity index (χ2n) is 2.05. The van der Waals surface area contributed by atoms with E-state index in [4.69, 9.17) is 10.5 Å². The molecule has 0 radical (unpaired) electrons. The Labute approximate surface area is 60.0 Å². The molecule has 0 saturated carbocycles. The van der Waals surface area contributed by atoms with Gasteiger partial charge >= 0.3 is 5.97 Å². The van der Waals surface area contributed by atoms with Crippen LogP contribution in [0, 0.1) is 5.41 Å². The number of hydrogen-bond donors (Lipinski definition) is 2. The number of carbonyl (C=O) groups is 1. The van der Waals surface area contributed by atoms with Gasteiger partial charge in [-0.25, -0.2) is 0 Å². The van der Waals surface area contributed by atoms with Crippen LogP contribution in [0.3, 0.4) is 0 Å². The Kier molecular flexibility index (Phi) is 3.46. The lowest BCUT2D eigenvalue weighted by molar-refractivity contribution is -0.137. The molecular formula is C6H12N2O2. The summed E-state index contributed by atoms with van der Waals surface area (Å²) in [6.45, 7) is 1.73. The van der Waals surface area contributed by atoms with Crippen LogP contribution in [0.5, 0.6) is 0 Å². The maximum atomic E-state index is 10.1. The van der Waals surface area contributed by atoms with Crippen molar-refractivity contribution in [3.05, 3.63) is 0 Å². The summed E-state index contributed by atoms with van der Waals surface area (Å²) in [4.78, 5) is 11.5. The molecule has 0 bridgehead atoms. The number of nitrogens with one attached hydrogen (secondary N) is 1. The standard InChI is InChI=1S/C6H12N2O2/c1-3-5(7)8(2)4-6(9)10/h7H,3-4H2,1-2H3,(H,9,10). The highest BCUT2D eigenvalue weighted by Crippen LogP contribution is 1.88. The average Bonchev–Trinajstić information content (AvgIpc) is 1.85. The van der Waals surface area contributed by atoms with E-state index in [2.05, 4.69) is 0 Å². The minimum atomic E-state index is -0.902. The third kappa shape index (κ3) is 3.06. The summed E-state index contributed by atoms with van der Waals surface area (Å²) < 4.78 is 0. The second-order valence-corrected chi connectivity index (χ2v) is 2.05. The molecule has 0 fully saturated rings. The number of likely N-dealkylation sites (N-methyl/N-ethyl adjacent to an activating group) is 1. The SMILES string of the molecule is CCC(=N)N(C)CC(=O)O. The van der Waals surface area contributed by atoms with Crippen LogP contribution < -0.4 is 0 Å². The van der Waals surface area contributed by atoms with Gasteiger partial charge in [-0.3, -0.25) is 10.2 Å². The molecule has 0 amide bonds. The normalized spacial score (nSPS) is 9.00. The van der Waals surface area contributed by atoms with Gasteiger partial charge in [0.1, 0.15) is 6.54 Å². The van der Waals surface area contributed by atoms with Crippen molar-refractivity contribution in [2.75, 3.05) is 13.6 Å². The van der Waals surface area contributed by atoms with Crippen molar-refractivity contribution in [2.24, 2.45) is 0 Å². The van der Waals surface area contributed by atoms with Crippen molar-refractivity contribution in [3.63, 3.8) is 0 Å². The predicted molar refractivity (Wildman–Crippen MR) is 38.3 cm³/mol. The van der Waals surface area contributed by atoms with Crippen LogP contribution in [0.2, 0.25) is 0 Å². The highest BCUT2D eigenvalue weighted by molar-refractivity contribution is 5.82. The van der Waals surface area contributed by atoms with Crippen LogP contribution >= 0.6 is 0 Å². The molecule has 0 aromatic carbocycles. The van der Waals surface area contributed by atoms with E-state index in [1.807, 2.05) is 6.92 Å². The van der Waals surface area contributed by atoms with Gasteiger partial charge in [0, 0.05) is 13.5 Å². The Balaban J connectivity index is 3.72. The lowest BCUT2D eigenvalue weighted by Gasteiger charge is -2.15. The van der Waals surface area contributed by atoms with Crippen LogP contribution in [0.25, 0.3) is 0 Å². The van der Waals surface area contributed by atoms with Crippen molar-refractivity contribution < 1.29 is 9.90 Å². The zero-order valence-corrected chi connectivity index (χ0v) is 6.22. The van der Waals surface area contributed by atoms with Gasteiger partial charge in [0.2, 0.25) is 0 Å². The number of carboxylic acids is 1. The first-order chi connectivity index (χ1) is 4.57. The number of rotatable bonds is 3. The van der Waals surface area contributed by atoms with Crippen molar-refractivity contribution in [3.8, 4) is 0 Å². The van der Waals surface area contributed by atoms with E-state index < -0.39 is 5.97 Å². The van der Waals surface area contributed by atoms with E-state index in [0.29, 0.717) is 12.3 Å². The summed E-state index contributed by atoms with van der Waals surface area (Å²) in [7, 11) is 1.60. The summed E-state index contributed by atoms with van der Waals surface area (Å²) in [6.07, 6.45) is 0.573. The molecule has 0 heterocycles. The fourth-order valence-electron chi connectivity index (χ4n) is 0.568. The monoisotopic (exact) mass is 144 g/mol. The van der Waals surface area contributed by atoms with Crippen LogP contribution in [0.4, 0.5) is 0 Å². The Morgan fingerprint density at radius 2 is 2.20 bits per heavy atom. The van der Waals surface area contributed by atoms with E-state index >= 15 is 0 Å². The minimum absolute atomic E-state index is 0.0906. The number of hydrogen-bond acceptors (Lipinski definition) is 2. The molecular weight excluding hydrogens is 132 g/mol. The van der Waals surface area contributed by atoms with Crippen LogP contribution in [-0.4, -0.2) is 35.4 Å². The van der Waals surface area contributed by atoms with E-state index in [-0.39, 0.29) is 6.54 Å². The van der Waals surface area contributed by atoms with E-state index in [1.54, 1.807) is 7.05 Å². The Bertz CT molecular complexity index is 145. The highest BCUT2D eigenvalue weighted by Gasteiger charge is 2.05. The molecule has 0 aliphatic heterocycles. The lowest BCUT2D eigenvalue weighted by Crippen LogP contribution is -2.30. The third-order valence-corrected chi connectivity index (χ3v) is 1.17. The summed E-state index contributed by atoms with van der Waals surface area (Å²) in [6, 6.07) is 0. The lowest BCUT2D eigenvalue weighted by atomic mass is 10.4. The fraction of sp³-hybridized carbons (Fsp3) is 0.667. The van der Waals surface area contributed by atoms with Crippen LogP contribution in [0.15, 0.2) is 0 Å². The van der Waals surface area contributed by atoms with Gasteiger partial charge in [0.25, 0.3) is 0 Å². The summed E-state index contributed by atoms with van der Waals surface area (Å²) in [5, 5.41) is 15.5. The molecule has 58 valence electrons. The topological polar surface area (TPSA) is 64.4 Å². The highest BCUT2D eigenvalue weighted by atomic mass is 16.4. The maximum absolute atomic E-state index is 10.1. The van der Waals surface area contributed by atoms with Crippen molar-refractivity contribution in [2.45, 2.75) is 13.3 Å². The van der Waals surface area contributed by atoms with Gasteiger partial charge in [-0.05, 0) is 0 Å². The summed E-state index contributed by atoms with van der Waals surface area (Å²) in [5.74, 6) is -0.553. The van der Waals surface area contributed by atoms with Gasteiger partial charge in [-0.1, -0.05) is 6.92 Å². The largest absolute Gasteiger partial charge is 0.480 e. The first kappa shape index (κ1) is 8.94. The Morgan fingerprint density at radius 1 is 1.70 bits per heavy atom. The quantitative estimate of drug-likeness (QED) is 0.445. The molecule has 0 aromatic heterocycles. The molecule has 2 N–H and O–H groups in total.